The minimum Gasteiger partial charge on any atom is -0.386 e. The first-order valence-electron chi connectivity index (χ1n) is 8.70. The first kappa shape index (κ1) is 16.8. The Hall–Kier alpha value is -0.560. The Morgan fingerprint density at radius 3 is 2.62 bits per heavy atom. The van der Waals surface area contributed by atoms with E-state index in [-0.39, 0.29) is 0 Å². The summed E-state index contributed by atoms with van der Waals surface area (Å²) in [5.41, 5.74) is 1.45. The number of fused-ring (bicyclic) bond motifs is 1. The highest BCUT2D eigenvalue weighted by Crippen LogP contribution is 2.65. The number of hydrogen-bond acceptors (Lipinski definition) is 1. The molecule has 2 saturated carbocycles. The molecular formula is C20H34O. The van der Waals surface area contributed by atoms with Gasteiger partial charge in [0.15, 0.2) is 0 Å². The topological polar surface area (TPSA) is 20.2 Å². The lowest BCUT2D eigenvalue weighted by atomic mass is 9.43. The summed E-state index contributed by atoms with van der Waals surface area (Å²) >= 11 is 0. The lowest BCUT2D eigenvalue weighted by Gasteiger charge is -2.61. The third-order valence-electron chi connectivity index (χ3n) is 7.33. The van der Waals surface area contributed by atoms with Gasteiger partial charge in [0.2, 0.25) is 0 Å². The molecule has 0 spiro atoms. The van der Waals surface area contributed by atoms with Gasteiger partial charge >= 0.3 is 0 Å². The maximum atomic E-state index is 10.3. The molecule has 0 aliphatic heterocycles. The van der Waals surface area contributed by atoms with Crippen molar-refractivity contribution in [1.29, 1.82) is 0 Å². The SMILES string of the molecule is C=C[C@@](C)(O)CC[C@H]1C(=C)CC[C@]2(C)[C@@H](C)CCC[C@]12C. The first-order chi connectivity index (χ1) is 9.66. The zero-order valence-electron chi connectivity index (χ0n) is 14.5. The Bertz CT molecular complexity index is 422. The smallest absolute Gasteiger partial charge is 0.0797 e. The fourth-order valence-electron chi connectivity index (χ4n) is 5.15. The van der Waals surface area contributed by atoms with E-state index in [4.69, 9.17) is 0 Å². The van der Waals surface area contributed by atoms with Crippen LogP contribution in [-0.2, 0) is 0 Å². The van der Waals surface area contributed by atoms with Gasteiger partial charge in [-0.2, -0.15) is 0 Å². The van der Waals surface area contributed by atoms with Gasteiger partial charge in [-0.05, 0) is 61.7 Å². The highest BCUT2D eigenvalue weighted by atomic mass is 16.3. The highest BCUT2D eigenvalue weighted by molar-refractivity contribution is 5.18. The van der Waals surface area contributed by atoms with Crippen molar-refractivity contribution in [2.75, 3.05) is 0 Å². The highest BCUT2D eigenvalue weighted by Gasteiger charge is 2.56. The maximum Gasteiger partial charge on any atom is 0.0797 e. The molecule has 0 unspecified atom stereocenters. The standard InChI is InChI=1S/C20H34O/c1-7-18(4,21)13-11-17-15(2)10-14-19(5)16(3)9-8-12-20(17,19)6/h7,16-17,21H,1-2,8-14H2,3-6H3/t16-,17-,18+,19+,20+/m0/s1. The molecule has 0 aromatic carbocycles. The second-order valence-corrected chi connectivity index (χ2v) is 8.44. The van der Waals surface area contributed by atoms with Gasteiger partial charge < -0.3 is 5.11 Å². The minimum atomic E-state index is -0.745. The molecule has 0 bridgehead atoms. The van der Waals surface area contributed by atoms with Crippen LogP contribution in [0.1, 0.15) is 72.6 Å². The molecule has 0 aromatic heterocycles. The van der Waals surface area contributed by atoms with Crippen LogP contribution in [0.3, 0.4) is 0 Å². The summed E-state index contributed by atoms with van der Waals surface area (Å²) < 4.78 is 0. The van der Waals surface area contributed by atoms with E-state index >= 15 is 0 Å². The molecule has 0 amide bonds. The van der Waals surface area contributed by atoms with Crippen molar-refractivity contribution in [3.63, 3.8) is 0 Å². The van der Waals surface area contributed by atoms with Crippen LogP contribution < -0.4 is 0 Å². The van der Waals surface area contributed by atoms with Crippen LogP contribution in [0.25, 0.3) is 0 Å². The lowest BCUT2D eigenvalue weighted by molar-refractivity contribution is -0.0930. The molecule has 0 heterocycles. The average molecular weight is 290 g/mol. The molecule has 0 radical (unpaired) electrons. The van der Waals surface area contributed by atoms with Crippen LogP contribution in [0, 0.1) is 22.7 Å². The van der Waals surface area contributed by atoms with E-state index in [0.29, 0.717) is 16.7 Å². The van der Waals surface area contributed by atoms with Crippen LogP contribution in [-0.4, -0.2) is 10.7 Å². The zero-order valence-corrected chi connectivity index (χ0v) is 14.5. The second kappa shape index (κ2) is 5.57. The summed E-state index contributed by atoms with van der Waals surface area (Å²) in [7, 11) is 0. The monoisotopic (exact) mass is 290 g/mol. The van der Waals surface area contributed by atoms with E-state index in [9.17, 15) is 5.11 Å². The average Bonchev–Trinajstić information content (AvgIpc) is 2.42. The molecule has 21 heavy (non-hydrogen) atoms. The first-order valence-corrected chi connectivity index (χ1v) is 8.70. The largest absolute Gasteiger partial charge is 0.386 e. The maximum absolute atomic E-state index is 10.3. The van der Waals surface area contributed by atoms with Gasteiger partial charge in [0.25, 0.3) is 0 Å². The summed E-state index contributed by atoms with van der Waals surface area (Å²) in [6, 6.07) is 0. The van der Waals surface area contributed by atoms with E-state index in [1.165, 1.54) is 31.3 Å². The van der Waals surface area contributed by atoms with E-state index in [1.54, 1.807) is 6.08 Å². The van der Waals surface area contributed by atoms with Crippen molar-refractivity contribution in [3.05, 3.63) is 24.8 Å². The molecule has 0 aromatic rings. The summed E-state index contributed by atoms with van der Waals surface area (Å²) in [5, 5.41) is 10.3. The molecule has 2 aliphatic rings. The molecule has 2 fully saturated rings. The molecule has 1 N–H and O–H groups in total. The Morgan fingerprint density at radius 2 is 2.00 bits per heavy atom. The van der Waals surface area contributed by atoms with Crippen LogP contribution in [0.4, 0.5) is 0 Å². The number of rotatable bonds is 4. The van der Waals surface area contributed by atoms with E-state index in [0.717, 1.165) is 25.2 Å². The zero-order chi connectivity index (χ0) is 15.9. The van der Waals surface area contributed by atoms with Gasteiger partial charge in [-0.3, -0.25) is 0 Å². The van der Waals surface area contributed by atoms with Crippen molar-refractivity contribution in [2.45, 2.75) is 78.2 Å². The molecule has 2 aliphatic carbocycles. The Balaban J connectivity index is 2.25. The van der Waals surface area contributed by atoms with E-state index in [1.807, 2.05) is 6.92 Å². The van der Waals surface area contributed by atoms with Gasteiger partial charge in [0, 0.05) is 0 Å². The normalized spacial score (nSPS) is 43.0. The van der Waals surface area contributed by atoms with Crippen molar-refractivity contribution >= 4 is 0 Å². The van der Waals surface area contributed by atoms with Gasteiger partial charge in [-0.15, -0.1) is 6.58 Å². The molecule has 2 rings (SSSR count). The van der Waals surface area contributed by atoms with Crippen molar-refractivity contribution in [2.24, 2.45) is 22.7 Å². The quantitative estimate of drug-likeness (QED) is 0.678. The van der Waals surface area contributed by atoms with E-state index < -0.39 is 5.60 Å². The minimum absolute atomic E-state index is 0.344. The van der Waals surface area contributed by atoms with Crippen molar-refractivity contribution < 1.29 is 5.11 Å². The molecule has 120 valence electrons. The number of hydrogen-bond donors (Lipinski definition) is 1. The van der Waals surface area contributed by atoms with Crippen LogP contribution >= 0.6 is 0 Å². The fraction of sp³-hybridized carbons (Fsp3) is 0.800. The summed E-state index contributed by atoms with van der Waals surface area (Å²) in [6.45, 7) is 17.5. The third-order valence-corrected chi connectivity index (χ3v) is 7.33. The van der Waals surface area contributed by atoms with Gasteiger partial charge in [0.05, 0.1) is 5.60 Å². The lowest BCUT2D eigenvalue weighted by Crippen LogP contribution is -2.53. The molecule has 0 saturated heterocycles. The predicted octanol–water partition coefficient (Wildman–Crippen LogP) is 5.50. The van der Waals surface area contributed by atoms with Crippen molar-refractivity contribution in [3.8, 4) is 0 Å². The summed E-state index contributed by atoms with van der Waals surface area (Å²) in [6.07, 6.45) is 9.99. The van der Waals surface area contributed by atoms with Gasteiger partial charge in [0.1, 0.15) is 0 Å². The van der Waals surface area contributed by atoms with Crippen molar-refractivity contribution in [1.82, 2.24) is 0 Å². The Morgan fingerprint density at radius 1 is 1.33 bits per heavy atom. The number of aliphatic hydroxyl groups is 1. The van der Waals surface area contributed by atoms with Crippen LogP contribution in [0.5, 0.6) is 0 Å². The predicted molar refractivity (Wildman–Crippen MR) is 91.1 cm³/mol. The molecule has 1 nitrogen and oxygen atoms in total. The van der Waals surface area contributed by atoms with Crippen LogP contribution in [0.15, 0.2) is 24.8 Å². The number of allylic oxidation sites excluding steroid dienone is 1. The molecular weight excluding hydrogens is 256 g/mol. The third kappa shape index (κ3) is 2.74. The Labute approximate surface area is 131 Å². The summed E-state index contributed by atoms with van der Waals surface area (Å²) in [5.74, 6) is 1.34. The van der Waals surface area contributed by atoms with E-state index in [2.05, 4.69) is 33.9 Å². The van der Waals surface area contributed by atoms with Gasteiger partial charge in [-0.25, -0.2) is 0 Å². The Kier molecular flexibility index (Phi) is 4.46. The van der Waals surface area contributed by atoms with Gasteiger partial charge in [-0.1, -0.05) is 51.8 Å². The summed E-state index contributed by atoms with van der Waals surface area (Å²) in [4.78, 5) is 0. The van der Waals surface area contributed by atoms with Crippen LogP contribution in [0.2, 0.25) is 0 Å². The second-order valence-electron chi connectivity index (χ2n) is 8.44. The molecule has 5 atom stereocenters. The molecule has 1 heteroatoms. The fourth-order valence-corrected chi connectivity index (χ4v) is 5.15.